The van der Waals surface area contributed by atoms with Gasteiger partial charge in [0.05, 0.1) is 18.8 Å². The number of thiazole rings is 1. The Balaban J connectivity index is 1.89. The van der Waals surface area contributed by atoms with E-state index in [9.17, 15) is 14.4 Å². The quantitative estimate of drug-likeness (QED) is 0.563. The molecule has 2 aliphatic rings. The molecule has 1 aliphatic heterocycles. The van der Waals surface area contributed by atoms with Crippen molar-refractivity contribution in [3.05, 3.63) is 31.6 Å². The Morgan fingerprint density at radius 1 is 1.39 bits per heavy atom. The van der Waals surface area contributed by atoms with Gasteiger partial charge in [-0.25, -0.2) is 0 Å². The average molecular weight is 470 g/mol. The van der Waals surface area contributed by atoms with Crippen molar-refractivity contribution in [2.24, 2.45) is 17.6 Å². The molecule has 3 rings (SSSR count). The summed E-state index contributed by atoms with van der Waals surface area (Å²) in [5, 5.41) is 2.41. The number of nitrogens with zero attached hydrogens (tertiary/aromatic N) is 1. The van der Waals surface area contributed by atoms with Gasteiger partial charge >= 0.3 is 10.8 Å². The number of hydrogen-bond acceptors (Lipinski definition) is 8. The van der Waals surface area contributed by atoms with E-state index >= 15 is 0 Å². The highest BCUT2D eigenvalue weighted by atomic mass is 32.2. The maximum atomic E-state index is 12.9. The lowest BCUT2D eigenvalue weighted by Crippen LogP contribution is -2.30. The van der Waals surface area contributed by atoms with Gasteiger partial charge in [0.2, 0.25) is 0 Å². The lowest BCUT2D eigenvalue weighted by atomic mass is 10.1. The number of aromatic nitrogens is 1. The third-order valence-electron chi connectivity index (χ3n) is 6.07. The molecule has 2 heterocycles. The van der Waals surface area contributed by atoms with E-state index in [2.05, 4.69) is 12.2 Å². The molecule has 4 atom stereocenters. The summed E-state index contributed by atoms with van der Waals surface area (Å²) in [7, 11) is 1.35. The third-order valence-corrected chi connectivity index (χ3v) is 8.68. The van der Waals surface area contributed by atoms with Crippen molar-refractivity contribution < 1.29 is 19.1 Å². The van der Waals surface area contributed by atoms with Crippen LogP contribution >= 0.6 is 23.1 Å². The van der Waals surface area contributed by atoms with Crippen molar-refractivity contribution in [2.45, 2.75) is 70.3 Å². The number of thioether (sulfide) groups is 1. The second-order valence-corrected chi connectivity index (χ2v) is 10.5. The largest absolute Gasteiger partial charge is 0.469 e. The van der Waals surface area contributed by atoms with Gasteiger partial charge < -0.3 is 20.5 Å². The first kappa shape index (κ1) is 23.9. The Bertz CT molecular complexity index is 934. The van der Waals surface area contributed by atoms with Crippen LogP contribution in [0.5, 0.6) is 0 Å². The molecule has 4 unspecified atom stereocenters. The molecule has 8 nitrogen and oxygen atoms in total. The SMILES string of the molecule is CC/C(C)=C(/N)NC(=O)c1sc(=O)n(C2OC(C(C)C3CC3)SC2CC(=O)OC)c1C. The first-order chi connectivity index (χ1) is 14.7. The minimum Gasteiger partial charge on any atom is -0.469 e. The second kappa shape index (κ2) is 9.79. The van der Waals surface area contributed by atoms with Gasteiger partial charge in [0.1, 0.15) is 16.1 Å². The molecular weight excluding hydrogens is 438 g/mol. The van der Waals surface area contributed by atoms with Crippen molar-refractivity contribution in [3.8, 4) is 0 Å². The number of hydrogen-bond donors (Lipinski definition) is 2. The predicted molar refractivity (Wildman–Crippen MR) is 122 cm³/mol. The van der Waals surface area contributed by atoms with E-state index in [1.165, 1.54) is 24.5 Å². The highest BCUT2D eigenvalue weighted by molar-refractivity contribution is 8.00. The number of nitrogens with two attached hydrogens (primary N) is 1. The summed E-state index contributed by atoms with van der Waals surface area (Å²) in [6.45, 7) is 7.67. The third kappa shape index (κ3) is 5.18. The van der Waals surface area contributed by atoms with Crippen LogP contribution < -0.4 is 15.9 Å². The van der Waals surface area contributed by atoms with Gasteiger partial charge in [-0.2, -0.15) is 0 Å². The fourth-order valence-electron chi connectivity index (χ4n) is 3.65. The van der Waals surface area contributed by atoms with Crippen molar-refractivity contribution in [2.75, 3.05) is 7.11 Å². The van der Waals surface area contributed by atoms with Gasteiger partial charge in [-0.05, 0) is 50.5 Å². The molecule has 3 N–H and O–H groups in total. The Hall–Kier alpha value is -1.78. The lowest BCUT2D eigenvalue weighted by molar-refractivity contribution is -0.141. The first-order valence-electron chi connectivity index (χ1n) is 10.5. The van der Waals surface area contributed by atoms with E-state index in [0.29, 0.717) is 34.6 Å². The number of amides is 1. The van der Waals surface area contributed by atoms with Gasteiger partial charge in [0, 0.05) is 5.69 Å². The van der Waals surface area contributed by atoms with Crippen LogP contribution in [0.1, 0.15) is 68.0 Å². The van der Waals surface area contributed by atoms with Crippen LogP contribution in [-0.4, -0.2) is 34.2 Å². The molecule has 0 aromatic carbocycles. The molecule has 31 heavy (non-hydrogen) atoms. The Morgan fingerprint density at radius 2 is 2.06 bits per heavy atom. The van der Waals surface area contributed by atoms with Crippen LogP contribution in [0.2, 0.25) is 0 Å². The molecule has 1 aromatic rings. The zero-order valence-electron chi connectivity index (χ0n) is 18.6. The molecule has 172 valence electrons. The Labute approximate surface area is 190 Å². The van der Waals surface area contributed by atoms with E-state index < -0.39 is 12.1 Å². The number of methoxy groups -OCH3 is 1. The summed E-state index contributed by atoms with van der Waals surface area (Å²) in [5.41, 5.74) is 7.21. The summed E-state index contributed by atoms with van der Waals surface area (Å²) in [6.07, 6.45) is 2.58. The fourth-order valence-corrected chi connectivity index (χ4v) is 6.10. The summed E-state index contributed by atoms with van der Waals surface area (Å²) in [5.74, 6) is 0.482. The van der Waals surface area contributed by atoms with Gasteiger partial charge in [-0.3, -0.25) is 19.0 Å². The summed E-state index contributed by atoms with van der Waals surface area (Å²) in [4.78, 5) is 37.7. The number of carbonyl (C=O) groups excluding carboxylic acids is 2. The van der Waals surface area contributed by atoms with Gasteiger partial charge in [-0.15, -0.1) is 11.8 Å². The summed E-state index contributed by atoms with van der Waals surface area (Å²) in [6, 6.07) is 0. The molecule has 1 aromatic heterocycles. The molecule has 2 fully saturated rings. The van der Waals surface area contributed by atoms with Crippen LogP contribution in [0.25, 0.3) is 0 Å². The van der Waals surface area contributed by atoms with Gasteiger partial charge in [-0.1, -0.05) is 25.2 Å². The van der Waals surface area contributed by atoms with Crippen LogP contribution in [-0.2, 0) is 14.3 Å². The molecule has 0 bridgehead atoms. The van der Waals surface area contributed by atoms with Crippen LogP contribution in [0, 0.1) is 18.8 Å². The molecular formula is C21H31N3O5S2. The van der Waals surface area contributed by atoms with E-state index in [1.54, 1.807) is 18.7 Å². The number of carbonyl (C=O) groups is 2. The molecule has 1 saturated heterocycles. The Morgan fingerprint density at radius 3 is 2.65 bits per heavy atom. The lowest BCUT2D eigenvalue weighted by Gasteiger charge is -2.20. The summed E-state index contributed by atoms with van der Waals surface area (Å²) < 4.78 is 12.7. The molecule has 0 radical (unpaired) electrons. The molecule has 1 aliphatic carbocycles. The van der Waals surface area contributed by atoms with Crippen molar-refractivity contribution >= 4 is 35.0 Å². The highest BCUT2D eigenvalue weighted by Gasteiger charge is 2.45. The fraction of sp³-hybridized carbons (Fsp3) is 0.667. The van der Waals surface area contributed by atoms with Gasteiger partial charge in [0.25, 0.3) is 5.91 Å². The number of esters is 1. The maximum absolute atomic E-state index is 12.9. The molecule has 1 saturated carbocycles. The Kier molecular flexibility index (Phi) is 7.54. The molecule has 0 spiro atoms. The second-order valence-electron chi connectivity index (χ2n) is 8.20. The first-order valence-corrected chi connectivity index (χ1v) is 12.3. The zero-order valence-corrected chi connectivity index (χ0v) is 20.2. The number of nitrogens with one attached hydrogen (secondary N) is 1. The van der Waals surface area contributed by atoms with E-state index in [-0.39, 0.29) is 27.9 Å². The highest BCUT2D eigenvalue weighted by Crippen LogP contribution is 2.50. The normalized spacial score (nSPS) is 25.1. The van der Waals surface area contributed by atoms with E-state index in [4.69, 9.17) is 15.2 Å². The van der Waals surface area contributed by atoms with Crippen molar-refractivity contribution in [1.82, 2.24) is 9.88 Å². The standard InChI is InChI=1S/C21H31N3O5S2/c1-6-10(2)17(22)23-18(26)16-12(4)24(21(27)31-16)19-14(9-15(25)28-5)30-20(29-19)11(3)13-7-8-13/h11,13-14,19-20H,6-9,22H2,1-5H3,(H,23,26)/b17-10-. The van der Waals surface area contributed by atoms with Crippen LogP contribution in [0.4, 0.5) is 0 Å². The van der Waals surface area contributed by atoms with Crippen molar-refractivity contribution in [3.63, 3.8) is 0 Å². The zero-order chi connectivity index (χ0) is 22.9. The van der Waals surface area contributed by atoms with Crippen molar-refractivity contribution in [1.29, 1.82) is 0 Å². The number of ether oxygens (including phenoxy) is 2. The average Bonchev–Trinajstić information content (AvgIpc) is 3.45. The van der Waals surface area contributed by atoms with Crippen LogP contribution in [0.3, 0.4) is 0 Å². The van der Waals surface area contributed by atoms with E-state index in [0.717, 1.165) is 16.9 Å². The van der Waals surface area contributed by atoms with Gasteiger partial charge in [0.15, 0.2) is 6.23 Å². The maximum Gasteiger partial charge on any atom is 0.310 e. The number of rotatable bonds is 8. The topological polar surface area (TPSA) is 113 Å². The molecule has 1 amide bonds. The monoisotopic (exact) mass is 469 g/mol. The van der Waals surface area contributed by atoms with E-state index in [1.807, 2.05) is 13.8 Å². The minimum absolute atomic E-state index is 0.110. The smallest absolute Gasteiger partial charge is 0.310 e. The summed E-state index contributed by atoms with van der Waals surface area (Å²) >= 11 is 2.44. The minimum atomic E-state index is -0.633. The number of allylic oxidation sites excluding steroid dienone is 1. The molecule has 10 heteroatoms. The van der Waals surface area contributed by atoms with Crippen LogP contribution in [0.15, 0.2) is 16.2 Å². The predicted octanol–water partition coefficient (Wildman–Crippen LogP) is 3.11.